The Hall–Kier alpha value is -4.20. The molecule has 4 aromatic carbocycles. The molecule has 0 aliphatic carbocycles. The summed E-state index contributed by atoms with van der Waals surface area (Å²) in [6.07, 6.45) is 0.881. The Morgan fingerprint density at radius 1 is 0.842 bits per heavy atom. The molecule has 0 spiro atoms. The number of anilines is 1. The number of rotatable bonds is 9. The zero-order chi connectivity index (χ0) is 26.6. The van der Waals surface area contributed by atoms with Crippen LogP contribution in [0.15, 0.2) is 108 Å². The van der Waals surface area contributed by atoms with Crippen LogP contribution in [0.2, 0.25) is 0 Å². The highest BCUT2D eigenvalue weighted by Gasteiger charge is 2.28. The van der Waals surface area contributed by atoms with E-state index < -0.39 is 23.3 Å². The number of carboxylic acids is 1. The minimum Gasteiger partial charge on any atom is -0.480 e. The van der Waals surface area contributed by atoms with Gasteiger partial charge in [-0.3, -0.25) is 8.86 Å². The fraction of sp³-hybridized carbons (Fsp3) is 0.129. The molecule has 0 radical (unpaired) electrons. The smallest absolute Gasteiger partial charge is 0.327 e. The van der Waals surface area contributed by atoms with E-state index in [2.05, 4.69) is 30.3 Å². The molecule has 1 aromatic heterocycles. The number of para-hydroxylation sites is 1. The van der Waals surface area contributed by atoms with Gasteiger partial charge in [-0.05, 0) is 46.9 Å². The van der Waals surface area contributed by atoms with Crippen LogP contribution in [0.1, 0.15) is 24.7 Å². The van der Waals surface area contributed by atoms with Crippen LogP contribution in [-0.4, -0.2) is 25.9 Å². The number of hydrogen-bond acceptors (Lipinski definition) is 3. The normalized spacial score (nSPS) is 12.8. The van der Waals surface area contributed by atoms with Crippen LogP contribution in [0.4, 0.5) is 5.69 Å². The average Bonchev–Trinajstić information content (AvgIpc) is 3.29. The summed E-state index contributed by atoms with van der Waals surface area (Å²) in [5.74, 6) is -0.233. The first kappa shape index (κ1) is 25.4. The maximum Gasteiger partial charge on any atom is 0.327 e. The van der Waals surface area contributed by atoms with E-state index >= 15 is 0 Å². The summed E-state index contributed by atoms with van der Waals surface area (Å²) in [4.78, 5) is 11.6. The molecule has 0 fully saturated rings. The standard InChI is InChI=1S/C31H27NO5S/c1-2-27(31(33)34)32(38(35)36)25-18-16-23(17-19-25)22-12-14-24(15-13-22)30-26-10-6-7-11-28(26)37-29(30)20-21-8-4-3-5-9-21/h3-19,27H,2,20H2,1H3,(H,33,34)(H,35,36). The van der Waals surface area contributed by atoms with Crippen LogP contribution in [0, 0.1) is 0 Å². The molecular formula is C31H27NO5S. The lowest BCUT2D eigenvalue weighted by atomic mass is 9.96. The van der Waals surface area contributed by atoms with E-state index in [4.69, 9.17) is 4.42 Å². The fourth-order valence-electron chi connectivity index (χ4n) is 4.77. The number of carbonyl (C=O) groups is 1. The zero-order valence-electron chi connectivity index (χ0n) is 20.8. The predicted octanol–water partition coefficient (Wildman–Crippen LogP) is 7.16. The van der Waals surface area contributed by atoms with Gasteiger partial charge in [-0.15, -0.1) is 0 Å². The number of fused-ring (bicyclic) bond motifs is 1. The van der Waals surface area contributed by atoms with Gasteiger partial charge in [0.15, 0.2) is 0 Å². The number of furan rings is 1. The molecule has 38 heavy (non-hydrogen) atoms. The summed E-state index contributed by atoms with van der Waals surface area (Å²) in [5.41, 5.74) is 6.41. The van der Waals surface area contributed by atoms with Gasteiger partial charge in [0.1, 0.15) is 17.4 Å². The molecule has 0 bridgehead atoms. The molecule has 0 saturated heterocycles. The lowest BCUT2D eigenvalue weighted by molar-refractivity contribution is -0.138. The maximum absolute atomic E-state index is 11.9. The third kappa shape index (κ3) is 5.11. The minimum atomic E-state index is -2.46. The summed E-state index contributed by atoms with van der Waals surface area (Å²) in [6, 6.07) is 32.4. The summed E-state index contributed by atoms with van der Waals surface area (Å²) >= 11 is -2.46. The Morgan fingerprint density at radius 2 is 1.42 bits per heavy atom. The first-order chi connectivity index (χ1) is 18.5. The minimum absolute atomic E-state index is 0.194. The van der Waals surface area contributed by atoms with Gasteiger partial charge < -0.3 is 9.52 Å². The quantitative estimate of drug-likeness (QED) is 0.199. The Balaban J connectivity index is 1.46. The number of benzene rings is 4. The second-order valence-electron chi connectivity index (χ2n) is 9.00. The van der Waals surface area contributed by atoms with Crippen LogP contribution in [0.25, 0.3) is 33.2 Å². The second kappa shape index (κ2) is 11.0. The van der Waals surface area contributed by atoms with Gasteiger partial charge >= 0.3 is 5.97 Å². The predicted molar refractivity (Wildman–Crippen MR) is 151 cm³/mol. The van der Waals surface area contributed by atoms with Gasteiger partial charge in [-0.1, -0.05) is 91.9 Å². The highest BCUT2D eigenvalue weighted by atomic mass is 32.2. The first-order valence-corrected chi connectivity index (χ1v) is 13.4. The van der Waals surface area contributed by atoms with Crippen LogP contribution in [0.3, 0.4) is 0 Å². The van der Waals surface area contributed by atoms with E-state index in [-0.39, 0.29) is 6.42 Å². The van der Waals surface area contributed by atoms with Crippen molar-refractivity contribution in [3.63, 3.8) is 0 Å². The zero-order valence-corrected chi connectivity index (χ0v) is 21.6. The van der Waals surface area contributed by atoms with Crippen LogP contribution < -0.4 is 4.31 Å². The molecular weight excluding hydrogens is 498 g/mol. The molecule has 192 valence electrons. The highest BCUT2D eigenvalue weighted by molar-refractivity contribution is 7.80. The Bertz CT molecular complexity index is 1580. The van der Waals surface area contributed by atoms with E-state index in [0.717, 1.165) is 43.3 Å². The molecule has 0 aliphatic rings. The average molecular weight is 526 g/mol. The van der Waals surface area contributed by atoms with Gasteiger partial charge in [0, 0.05) is 17.4 Å². The number of hydrogen-bond donors (Lipinski definition) is 2. The number of aliphatic carboxylic acids is 1. The van der Waals surface area contributed by atoms with E-state index in [0.29, 0.717) is 12.1 Å². The Labute approximate surface area is 223 Å². The van der Waals surface area contributed by atoms with Gasteiger partial charge in [0.2, 0.25) is 0 Å². The van der Waals surface area contributed by atoms with Crippen LogP contribution in [0.5, 0.6) is 0 Å². The summed E-state index contributed by atoms with van der Waals surface area (Å²) in [6.45, 7) is 1.67. The van der Waals surface area contributed by atoms with Gasteiger partial charge in [-0.25, -0.2) is 9.00 Å². The van der Waals surface area contributed by atoms with Crippen molar-refractivity contribution in [3.8, 4) is 22.3 Å². The molecule has 2 N–H and O–H groups in total. The molecule has 5 aromatic rings. The molecule has 5 rings (SSSR count). The van der Waals surface area contributed by atoms with Crippen molar-refractivity contribution in [3.05, 3.63) is 114 Å². The summed E-state index contributed by atoms with van der Waals surface area (Å²) in [5, 5.41) is 10.5. The molecule has 0 saturated carbocycles. The first-order valence-electron chi connectivity index (χ1n) is 12.3. The van der Waals surface area contributed by atoms with Crippen molar-refractivity contribution in [2.75, 3.05) is 4.31 Å². The summed E-state index contributed by atoms with van der Waals surface area (Å²) in [7, 11) is 0. The van der Waals surface area contributed by atoms with Crippen LogP contribution >= 0.6 is 0 Å². The van der Waals surface area contributed by atoms with Crippen molar-refractivity contribution in [2.45, 2.75) is 25.8 Å². The second-order valence-corrected chi connectivity index (χ2v) is 9.86. The third-order valence-corrected chi connectivity index (χ3v) is 7.43. The Kier molecular flexibility index (Phi) is 7.40. The van der Waals surface area contributed by atoms with Gasteiger partial charge in [-0.2, -0.15) is 0 Å². The number of nitrogens with zero attached hydrogens (tertiary/aromatic N) is 1. The van der Waals surface area contributed by atoms with Gasteiger partial charge in [0.25, 0.3) is 11.3 Å². The molecule has 2 atom stereocenters. The lowest BCUT2D eigenvalue weighted by Gasteiger charge is -2.26. The molecule has 7 heteroatoms. The molecule has 6 nitrogen and oxygen atoms in total. The monoisotopic (exact) mass is 525 g/mol. The van der Waals surface area contributed by atoms with Crippen molar-refractivity contribution < 1.29 is 23.1 Å². The fourth-order valence-corrected chi connectivity index (χ4v) is 5.53. The molecule has 2 unspecified atom stereocenters. The topological polar surface area (TPSA) is 91.0 Å². The number of carboxylic acid groups (broad SMARTS) is 1. The molecule has 0 aliphatic heterocycles. The van der Waals surface area contributed by atoms with Crippen molar-refractivity contribution in [2.24, 2.45) is 0 Å². The maximum atomic E-state index is 11.9. The molecule has 1 heterocycles. The van der Waals surface area contributed by atoms with Crippen molar-refractivity contribution >= 4 is 33.9 Å². The van der Waals surface area contributed by atoms with Crippen LogP contribution in [-0.2, 0) is 22.5 Å². The van der Waals surface area contributed by atoms with E-state index in [1.165, 1.54) is 5.56 Å². The summed E-state index contributed by atoms with van der Waals surface area (Å²) < 4.78 is 28.9. The van der Waals surface area contributed by atoms with E-state index in [1.807, 2.05) is 60.7 Å². The van der Waals surface area contributed by atoms with Crippen molar-refractivity contribution in [1.82, 2.24) is 0 Å². The van der Waals surface area contributed by atoms with Gasteiger partial charge in [0.05, 0.1) is 5.69 Å². The molecule has 0 amide bonds. The lowest BCUT2D eigenvalue weighted by Crippen LogP contribution is -2.41. The van der Waals surface area contributed by atoms with Crippen molar-refractivity contribution in [1.29, 1.82) is 0 Å². The highest BCUT2D eigenvalue weighted by Crippen LogP contribution is 2.37. The largest absolute Gasteiger partial charge is 0.480 e. The SMILES string of the molecule is CCC(C(=O)O)N(c1ccc(-c2ccc(-c3c(Cc4ccccc4)oc4ccccc34)cc2)cc1)S(=O)O. The third-order valence-electron chi connectivity index (χ3n) is 6.63. The van der Waals surface area contributed by atoms with E-state index in [1.54, 1.807) is 19.1 Å². The Morgan fingerprint density at radius 3 is 2.03 bits per heavy atom. The van der Waals surface area contributed by atoms with E-state index in [9.17, 15) is 18.7 Å².